The highest BCUT2D eigenvalue weighted by Crippen LogP contribution is 2.21. The highest BCUT2D eigenvalue weighted by molar-refractivity contribution is 5.75. The summed E-state index contributed by atoms with van der Waals surface area (Å²) in [6, 6.07) is 4.68. The Hall–Kier alpha value is -1.88. The minimum atomic E-state index is 0.282. The third-order valence-corrected chi connectivity index (χ3v) is 5.20. The molecule has 0 unspecified atom stereocenters. The van der Waals surface area contributed by atoms with Crippen molar-refractivity contribution in [1.82, 2.24) is 19.6 Å². The summed E-state index contributed by atoms with van der Waals surface area (Å²) in [5.74, 6) is 0.805. The van der Waals surface area contributed by atoms with Crippen LogP contribution >= 0.6 is 0 Å². The van der Waals surface area contributed by atoms with Crippen molar-refractivity contribution in [3.05, 3.63) is 35.8 Å². The van der Waals surface area contributed by atoms with Crippen LogP contribution in [0.5, 0.6) is 0 Å². The van der Waals surface area contributed by atoms with E-state index in [1.54, 1.807) is 0 Å². The highest BCUT2D eigenvalue weighted by Gasteiger charge is 2.29. The van der Waals surface area contributed by atoms with Gasteiger partial charge in [0.2, 0.25) is 5.91 Å². The zero-order valence-electron chi connectivity index (χ0n) is 15.0. The van der Waals surface area contributed by atoms with Crippen molar-refractivity contribution in [2.24, 2.45) is 5.92 Å². The molecule has 0 spiro atoms. The fraction of sp³-hybridized carbons (Fsp3) is 0.579. The predicted octanol–water partition coefficient (Wildman–Crippen LogP) is 2.77. The Morgan fingerprint density at radius 3 is 3.00 bits per heavy atom. The summed E-state index contributed by atoms with van der Waals surface area (Å²) in [6.07, 6.45) is 6.78. The fourth-order valence-corrected chi connectivity index (χ4v) is 3.67. The molecule has 0 radical (unpaired) electrons. The summed E-state index contributed by atoms with van der Waals surface area (Å²) >= 11 is 0. The Kier molecular flexibility index (Phi) is 5.19. The molecule has 24 heavy (non-hydrogen) atoms. The molecule has 0 saturated carbocycles. The molecule has 3 heterocycles. The highest BCUT2D eigenvalue weighted by atomic mass is 16.2. The SMILES string of the molecule is CCC(=O)N1CC[C@H](NCc2cnc3cc(C)ccn23)[C@H](CC)C1. The number of pyridine rings is 1. The van der Waals surface area contributed by atoms with E-state index in [-0.39, 0.29) is 5.91 Å². The van der Waals surface area contributed by atoms with E-state index in [1.165, 1.54) is 11.3 Å². The number of aromatic nitrogens is 2. The van der Waals surface area contributed by atoms with Gasteiger partial charge in [-0.25, -0.2) is 4.98 Å². The standard InChI is InChI=1S/C19H28N4O/c1-4-15-13-22(19(24)5-2)8-7-17(15)20-11-16-12-21-18-10-14(3)6-9-23(16)18/h6,9-10,12,15,17,20H,4-5,7-8,11,13H2,1-3H3/t15-,17+/m1/s1. The zero-order chi connectivity index (χ0) is 17.1. The monoisotopic (exact) mass is 328 g/mol. The fourth-order valence-electron chi connectivity index (χ4n) is 3.67. The largest absolute Gasteiger partial charge is 0.342 e. The van der Waals surface area contributed by atoms with E-state index in [4.69, 9.17) is 0 Å². The summed E-state index contributed by atoms with van der Waals surface area (Å²) in [4.78, 5) is 18.5. The summed E-state index contributed by atoms with van der Waals surface area (Å²) in [5.41, 5.74) is 3.42. The molecular formula is C19H28N4O. The Morgan fingerprint density at radius 1 is 1.42 bits per heavy atom. The number of rotatable bonds is 5. The Labute approximate surface area is 144 Å². The Balaban J connectivity index is 1.64. The molecule has 1 fully saturated rings. The number of piperidine rings is 1. The topological polar surface area (TPSA) is 49.6 Å². The van der Waals surface area contributed by atoms with Crippen LogP contribution < -0.4 is 5.32 Å². The number of aryl methyl sites for hydroxylation is 1. The number of likely N-dealkylation sites (tertiary alicyclic amines) is 1. The number of hydrogen-bond donors (Lipinski definition) is 1. The van der Waals surface area contributed by atoms with Gasteiger partial charge in [-0.2, -0.15) is 0 Å². The molecule has 130 valence electrons. The van der Waals surface area contributed by atoms with Gasteiger partial charge in [-0.3, -0.25) is 4.79 Å². The summed E-state index contributed by atoms with van der Waals surface area (Å²) < 4.78 is 2.15. The van der Waals surface area contributed by atoms with Crippen LogP contribution in [0.25, 0.3) is 5.65 Å². The molecule has 2 aromatic rings. The minimum absolute atomic E-state index is 0.282. The van der Waals surface area contributed by atoms with E-state index in [2.05, 4.69) is 46.9 Å². The first-order valence-electron chi connectivity index (χ1n) is 9.06. The predicted molar refractivity (Wildman–Crippen MR) is 95.8 cm³/mol. The summed E-state index contributed by atoms with van der Waals surface area (Å²) in [5, 5.41) is 3.71. The number of nitrogens with one attached hydrogen (secondary N) is 1. The minimum Gasteiger partial charge on any atom is -0.342 e. The van der Waals surface area contributed by atoms with Gasteiger partial charge in [-0.15, -0.1) is 0 Å². The van der Waals surface area contributed by atoms with Crippen LogP contribution in [0.4, 0.5) is 0 Å². The lowest BCUT2D eigenvalue weighted by Crippen LogP contribution is -2.50. The van der Waals surface area contributed by atoms with E-state index in [0.717, 1.165) is 38.1 Å². The van der Waals surface area contributed by atoms with Gasteiger partial charge in [-0.1, -0.05) is 20.3 Å². The van der Waals surface area contributed by atoms with Crippen LogP contribution in [0.1, 0.15) is 44.4 Å². The van der Waals surface area contributed by atoms with E-state index in [0.29, 0.717) is 18.4 Å². The van der Waals surface area contributed by atoms with Gasteiger partial charge in [-0.05, 0) is 37.0 Å². The van der Waals surface area contributed by atoms with Gasteiger partial charge in [0.15, 0.2) is 0 Å². The molecule has 0 aliphatic carbocycles. The summed E-state index contributed by atoms with van der Waals surface area (Å²) in [7, 11) is 0. The van der Waals surface area contributed by atoms with E-state index >= 15 is 0 Å². The molecule has 1 aliphatic rings. The van der Waals surface area contributed by atoms with E-state index in [9.17, 15) is 4.79 Å². The van der Waals surface area contributed by atoms with Crippen LogP contribution in [0.3, 0.4) is 0 Å². The van der Waals surface area contributed by atoms with Crippen LogP contribution in [0.2, 0.25) is 0 Å². The zero-order valence-corrected chi connectivity index (χ0v) is 15.0. The molecule has 0 aromatic carbocycles. The molecule has 1 saturated heterocycles. The van der Waals surface area contributed by atoms with Gasteiger partial charge in [0.05, 0.1) is 11.9 Å². The maximum atomic E-state index is 11.9. The van der Waals surface area contributed by atoms with Gasteiger partial charge in [0.25, 0.3) is 0 Å². The maximum absolute atomic E-state index is 11.9. The summed E-state index contributed by atoms with van der Waals surface area (Å²) in [6.45, 7) is 8.81. The van der Waals surface area contributed by atoms with Crippen LogP contribution in [0, 0.1) is 12.8 Å². The average Bonchev–Trinajstić information content (AvgIpc) is 3.01. The lowest BCUT2D eigenvalue weighted by molar-refractivity contribution is -0.133. The second-order valence-electron chi connectivity index (χ2n) is 6.82. The number of carbonyl (C=O) groups is 1. The molecule has 1 N–H and O–H groups in total. The van der Waals surface area contributed by atoms with Crippen LogP contribution in [-0.2, 0) is 11.3 Å². The first-order valence-corrected chi connectivity index (χ1v) is 9.06. The molecule has 1 aliphatic heterocycles. The normalized spacial score (nSPS) is 21.4. The Bertz CT molecular complexity index is 708. The first-order chi connectivity index (χ1) is 11.6. The van der Waals surface area contributed by atoms with Crippen molar-refractivity contribution in [2.75, 3.05) is 13.1 Å². The number of imidazole rings is 1. The van der Waals surface area contributed by atoms with Crippen LogP contribution in [-0.4, -0.2) is 39.3 Å². The molecule has 5 nitrogen and oxygen atoms in total. The number of carbonyl (C=O) groups excluding carboxylic acids is 1. The Morgan fingerprint density at radius 2 is 2.25 bits per heavy atom. The first kappa shape index (κ1) is 17.0. The molecule has 5 heteroatoms. The molecule has 2 atom stereocenters. The second-order valence-corrected chi connectivity index (χ2v) is 6.82. The molecule has 0 bridgehead atoms. The average molecular weight is 328 g/mol. The van der Waals surface area contributed by atoms with Crippen molar-refractivity contribution >= 4 is 11.6 Å². The van der Waals surface area contributed by atoms with Gasteiger partial charge >= 0.3 is 0 Å². The van der Waals surface area contributed by atoms with Gasteiger partial charge < -0.3 is 14.6 Å². The molecule has 1 amide bonds. The maximum Gasteiger partial charge on any atom is 0.222 e. The van der Waals surface area contributed by atoms with E-state index < -0.39 is 0 Å². The van der Waals surface area contributed by atoms with Crippen molar-refractivity contribution in [1.29, 1.82) is 0 Å². The van der Waals surface area contributed by atoms with Crippen molar-refractivity contribution in [3.8, 4) is 0 Å². The lowest BCUT2D eigenvalue weighted by Gasteiger charge is -2.38. The number of fused-ring (bicyclic) bond motifs is 1. The molecular weight excluding hydrogens is 300 g/mol. The number of nitrogens with zero attached hydrogens (tertiary/aromatic N) is 3. The third-order valence-electron chi connectivity index (χ3n) is 5.20. The van der Waals surface area contributed by atoms with E-state index in [1.807, 2.05) is 18.0 Å². The quantitative estimate of drug-likeness (QED) is 0.918. The van der Waals surface area contributed by atoms with Gasteiger partial charge in [0.1, 0.15) is 5.65 Å². The van der Waals surface area contributed by atoms with Crippen molar-refractivity contribution in [2.45, 2.75) is 52.6 Å². The number of amides is 1. The number of hydrogen-bond acceptors (Lipinski definition) is 3. The smallest absolute Gasteiger partial charge is 0.222 e. The van der Waals surface area contributed by atoms with Crippen molar-refractivity contribution < 1.29 is 4.79 Å². The molecule has 3 rings (SSSR count). The van der Waals surface area contributed by atoms with Gasteiger partial charge in [0, 0.05) is 38.3 Å². The third kappa shape index (κ3) is 3.46. The second kappa shape index (κ2) is 7.34. The van der Waals surface area contributed by atoms with Crippen molar-refractivity contribution in [3.63, 3.8) is 0 Å². The molecule has 2 aromatic heterocycles. The lowest BCUT2D eigenvalue weighted by atomic mass is 9.89. The van der Waals surface area contributed by atoms with Crippen LogP contribution in [0.15, 0.2) is 24.5 Å².